The van der Waals surface area contributed by atoms with Gasteiger partial charge in [0.25, 0.3) is 5.91 Å². The Kier molecular flexibility index (Phi) is 3.33. The highest BCUT2D eigenvalue weighted by atomic mass is 35.5. The van der Waals surface area contributed by atoms with Crippen LogP contribution in [0.4, 0.5) is 5.69 Å². The number of hydrogen-bond donors (Lipinski definition) is 1. The molecule has 1 fully saturated rings. The molecule has 90 valence electrons. The fourth-order valence-electron chi connectivity index (χ4n) is 1.84. The number of amides is 1. The Morgan fingerprint density at radius 1 is 1.29 bits per heavy atom. The molecule has 1 heterocycles. The first-order valence-electron chi connectivity index (χ1n) is 5.44. The molecule has 0 atom stereocenters. The van der Waals surface area contributed by atoms with Crippen LogP contribution >= 0.6 is 11.6 Å². The molecule has 0 aromatic heterocycles. The summed E-state index contributed by atoms with van der Waals surface area (Å²) in [4.78, 5) is 24.9. The zero-order valence-corrected chi connectivity index (χ0v) is 10.0. The number of Topliss-reactive ketones (excluding diaryl/α,β-unsaturated/α-hetero) is 1. The molecule has 1 saturated heterocycles. The minimum absolute atomic E-state index is 0.158. The van der Waals surface area contributed by atoms with Gasteiger partial charge in [-0.3, -0.25) is 9.59 Å². The molecule has 0 spiro atoms. The summed E-state index contributed by atoms with van der Waals surface area (Å²) in [5.41, 5.74) is 6.54. The Labute approximate surface area is 104 Å². The Morgan fingerprint density at radius 2 is 1.94 bits per heavy atom. The summed E-state index contributed by atoms with van der Waals surface area (Å²) < 4.78 is 0. The number of anilines is 1. The lowest BCUT2D eigenvalue weighted by molar-refractivity contribution is -0.120. The SMILES string of the molecule is Nc1ccc(Cl)c(C(=O)N2CCC(=O)CC2)c1. The largest absolute Gasteiger partial charge is 0.399 e. The van der Waals surface area contributed by atoms with Gasteiger partial charge in [-0.1, -0.05) is 11.6 Å². The molecule has 1 aliphatic rings. The van der Waals surface area contributed by atoms with Crippen LogP contribution in [-0.4, -0.2) is 29.7 Å². The van der Waals surface area contributed by atoms with Gasteiger partial charge in [0.15, 0.2) is 0 Å². The lowest BCUT2D eigenvalue weighted by Gasteiger charge is -2.26. The molecule has 0 aliphatic carbocycles. The third-order valence-corrected chi connectivity index (χ3v) is 3.16. The number of hydrogen-bond acceptors (Lipinski definition) is 3. The number of rotatable bonds is 1. The molecular weight excluding hydrogens is 240 g/mol. The van der Waals surface area contributed by atoms with E-state index < -0.39 is 0 Å². The Bertz CT molecular complexity index is 464. The van der Waals surface area contributed by atoms with Crippen molar-refractivity contribution in [3.8, 4) is 0 Å². The van der Waals surface area contributed by atoms with E-state index in [1.165, 1.54) is 0 Å². The number of piperidine rings is 1. The lowest BCUT2D eigenvalue weighted by Crippen LogP contribution is -2.38. The molecule has 1 amide bonds. The first-order chi connectivity index (χ1) is 8.08. The van der Waals surface area contributed by atoms with E-state index in [2.05, 4.69) is 0 Å². The summed E-state index contributed by atoms with van der Waals surface area (Å²) in [5.74, 6) is 0.0440. The van der Waals surface area contributed by atoms with E-state index in [-0.39, 0.29) is 11.7 Å². The van der Waals surface area contributed by atoms with Crippen LogP contribution < -0.4 is 5.73 Å². The van der Waals surface area contributed by atoms with Crippen LogP contribution in [0.2, 0.25) is 5.02 Å². The average Bonchev–Trinajstić information content (AvgIpc) is 2.32. The summed E-state index contributed by atoms with van der Waals surface area (Å²) in [6.45, 7) is 0.922. The van der Waals surface area contributed by atoms with Crippen LogP contribution in [-0.2, 0) is 4.79 Å². The molecule has 0 saturated carbocycles. The third kappa shape index (κ3) is 2.58. The molecule has 5 heteroatoms. The van der Waals surface area contributed by atoms with Crippen LogP contribution in [0.5, 0.6) is 0 Å². The monoisotopic (exact) mass is 252 g/mol. The summed E-state index contributed by atoms with van der Waals surface area (Å²) >= 11 is 5.97. The molecule has 0 radical (unpaired) electrons. The van der Waals surface area contributed by atoms with Crippen molar-refractivity contribution in [3.63, 3.8) is 0 Å². The second-order valence-corrected chi connectivity index (χ2v) is 4.48. The van der Waals surface area contributed by atoms with Gasteiger partial charge in [0.2, 0.25) is 0 Å². The maximum Gasteiger partial charge on any atom is 0.255 e. The second-order valence-electron chi connectivity index (χ2n) is 4.07. The van der Waals surface area contributed by atoms with E-state index in [1.807, 2.05) is 0 Å². The van der Waals surface area contributed by atoms with Crippen molar-refractivity contribution >= 4 is 29.0 Å². The normalized spacial score (nSPS) is 16.1. The molecule has 0 bridgehead atoms. The molecular formula is C12H13ClN2O2. The first-order valence-corrected chi connectivity index (χ1v) is 5.82. The standard InChI is InChI=1S/C12H13ClN2O2/c13-11-2-1-8(14)7-10(11)12(17)15-5-3-9(16)4-6-15/h1-2,7H,3-6,14H2. The zero-order chi connectivity index (χ0) is 12.4. The van der Waals surface area contributed by atoms with Crippen molar-refractivity contribution in [3.05, 3.63) is 28.8 Å². The fourth-order valence-corrected chi connectivity index (χ4v) is 2.03. The van der Waals surface area contributed by atoms with Gasteiger partial charge >= 0.3 is 0 Å². The topological polar surface area (TPSA) is 63.4 Å². The number of carbonyl (C=O) groups is 2. The van der Waals surface area contributed by atoms with Gasteiger partial charge in [0, 0.05) is 31.6 Å². The van der Waals surface area contributed by atoms with Gasteiger partial charge in [-0.2, -0.15) is 0 Å². The van der Waals surface area contributed by atoms with Crippen molar-refractivity contribution < 1.29 is 9.59 Å². The van der Waals surface area contributed by atoms with Crippen LogP contribution in [0.25, 0.3) is 0 Å². The van der Waals surface area contributed by atoms with Crippen molar-refractivity contribution in [1.82, 2.24) is 4.90 Å². The van der Waals surface area contributed by atoms with E-state index in [0.717, 1.165) is 0 Å². The van der Waals surface area contributed by atoms with E-state index >= 15 is 0 Å². The number of benzene rings is 1. The molecule has 1 aromatic carbocycles. The van der Waals surface area contributed by atoms with Crippen molar-refractivity contribution in [2.75, 3.05) is 18.8 Å². The highest BCUT2D eigenvalue weighted by Crippen LogP contribution is 2.21. The Balaban J connectivity index is 2.19. The molecule has 1 aromatic rings. The minimum Gasteiger partial charge on any atom is -0.399 e. The predicted octanol–water partition coefficient (Wildman–Crippen LogP) is 1.73. The number of nitrogens with two attached hydrogens (primary N) is 1. The smallest absolute Gasteiger partial charge is 0.255 e. The van der Waals surface area contributed by atoms with E-state index in [4.69, 9.17) is 17.3 Å². The molecule has 4 nitrogen and oxygen atoms in total. The Hall–Kier alpha value is -1.55. The van der Waals surface area contributed by atoms with E-state index in [1.54, 1.807) is 23.1 Å². The summed E-state index contributed by atoms with van der Waals surface area (Å²) in [7, 11) is 0. The maximum absolute atomic E-state index is 12.2. The van der Waals surface area contributed by atoms with E-state index in [0.29, 0.717) is 42.2 Å². The molecule has 0 unspecified atom stereocenters. The average molecular weight is 253 g/mol. The van der Waals surface area contributed by atoms with Crippen LogP contribution in [0.3, 0.4) is 0 Å². The fraction of sp³-hybridized carbons (Fsp3) is 0.333. The second kappa shape index (κ2) is 4.75. The quantitative estimate of drug-likeness (QED) is 0.774. The van der Waals surface area contributed by atoms with E-state index in [9.17, 15) is 9.59 Å². The minimum atomic E-state index is -0.158. The van der Waals surface area contributed by atoms with Gasteiger partial charge < -0.3 is 10.6 Å². The number of likely N-dealkylation sites (tertiary alicyclic amines) is 1. The number of halogens is 1. The zero-order valence-electron chi connectivity index (χ0n) is 9.28. The van der Waals surface area contributed by atoms with Crippen LogP contribution in [0, 0.1) is 0 Å². The first kappa shape index (κ1) is 11.9. The van der Waals surface area contributed by atoms with Crippen molar-refractivity contribution in [2.24, 2.45) is 0 Å². The molecule has 17 heavy (non-hydrogen) atoms. The van der Waals surface area contributed by atoms with Crippen LogP contribution in [0.1, 0.15) is 23.2 Å². The highest BCUT2D eigenvalue weighted by Gasteiger charge is 2.23. The number of nitrogens with zero attached hydrogens (tertiary/aromatic N) is 1. The van der Waals surface area contributed by atoms with Crippen molar-refractivity contribution in [2.45, 2.75) is 12.8 Å². The maximum atomic E-state index is 12.2. The molecule has 1 aliphatic heterocycles. The van der Waals surface area contributed by atoms with Gasteiger partial charge in [0.05, 0.1) is 10.6 Å². The Morgan fingerprint density at radius 3 is 2.59 bits per heavy atom. The summed E-state index contributed by atoms with van der Waals surface area (Å²) in [5, 5.41) is 0.390. The highest BCUT2D eigenvalue weighted by molar-refractivity contribution is 6.34. The van der Waals surface area contributed by atoms with Crippen LogP contribution in [0.15, 0.2) is 18.2 Å². The van der Waals surface area contributed by atoms with Gasteiger partial charge in [-0.25, -0.2) is 0 Å². The number of carbonyl (C=O) groups excluding carboxylic acids is 2. The van der Waals surface area contributed by atoms with Gasteiger partial charge in [-0.05, 0) is 18.2 Å². The predicted molar refractivity (Wildman–Crippen MR) is 66.0 cm³/mol. The number of nitrogen functional groups attached to an aromatic ring is 1. The van der Waals surface area contributed by atoms with Gasteiger partial charge in [0.1, 0.15) is 5.78 Å². The summed E-state index contributed by atoms with van der Waals surface area (Å²) in [6.07, 6.45) is 0.845. The summed E-state index contributed by atoms with van der Waals surface area (Å²) in [6, 6.07) is 4.83. The number of ketones is 1. The van der Waals surface area contributed by atoms with Gasteiger partial charge in [-0.15, -0.1) is 0 Å². The molecule has 2 N–H and O–H groups in total. The molecule has 2 rings (SSSR count). The third-order valence-electron chi connectivity index (χ3n) is 2.83. The van der Waals surface area contributed by atoms with Crippen molar-refractivity contribution in [1.29, 1.82) is 0 Å². The lowest BCUT2D eigenvalue weighted by atomic mass is 10.1.